The van der Waals surface area contributed by atoms with Gasteiger partial charge in [-0.2, -0.15) is 0 Å². The maximum atomic E-state index is 12.4. The van der Waals surface area contributed by atoms with Crippen LogP contribution in [0.5, 0.6) is 0 Å². The molecule has 1 N–H and O–H groups in total. The number of hydrogen-bond acceptors (Lipinski definition) is 5. The lowest BCUT2D eigenvalue weighted by molar-refractivity contribution is -0.117. The molecule has 1 saturated heterocycles. The molecule has 136 valence electrons. The number of benzene rings is 1. The van der Waals surface area contributed by atoms with Crippen LogP contribution in [0, 0.1) is 0 Å². The number of carbonyl (C=O) groups excluding carboxylic acids is 2. The van der Waals surface area contributed by atoms with E-state index in [4.69, 9.17) is 0 Å². The first-order chi connectivity index (χ1) is 12.6. The minimum atomic E-state index is -0.196. The molecule has 1 fully saturated rings. The van der Waals surface area contributed by atoms with E-state index in [1.165, 1.54) is 17.8 Å². The van der Waals surface area contributed by atoms with Crippen LogP contribution in [0.25, 0.3) is 0 Å². The summed E-state index contributed by atoms with van der Waals surface area (Å²) in [5.74, 6) is 0.278. The SMILES string of the molecule is CCCc1cc(=O)[nH]c(SCC(=O)c2ccc(N3CCCC3=O)cc2)n1. The van der Waals surface area contributed by atoms with Crippen molar-refractivity contribution in [3.8, 4) is 0 Å². The smallest absolute Gasteiger partial charge is 0.251 e. The second-order valence-corrected chi connectivity index (χ2v) is 7.16. The fourth-order valence-electron chi connectivity index (χ4n) is 2.90. The van der Waals surface area contributed by atoms with Gasteiger partial charge < -0.3 is 9.88 Å². The van der Waals surface area contributed by atoms with Crippen LogP contribution in [0.4, 0.5) is 5.69 Å². The summed E-state index contributed by atoms with van der Waals surface area (Å²) >= 11 is 1.23. The average molecular weight is 371 g/mol. The molecule has 0 bridgehead atoms. The maximum Gasteiger partial charge on any atom is 0.251 e. The van der Waals surface area contributed by atoms with Crippen molar-refractivity contribution in [2.24, 2.45) is 0 Å². The van der Waals surface area contributed by atoms with Gasteiger partial charge in [0.25, 0.3) is 5.56 Å². The first-order valence-corrected chi connectivity index (χ1v) is 9.72. The third-order valence-electron chi connectivity index (χ3n) is 4.19. The van der Waals surface area contributed by atoms with Crippen molar-refractivity contribution in [2.75, 3.05) is 17.2 Å². The molecule has 1 aromatic carbocycles. The van der Waals surface area contributed by atoms with Gasteiger partial charge >= 0.3 is 0 Å². The molecule has 1 amide bonds. The molecule has 3 rings (SSSR count). The van der Waals surface area contributed by atoms with Crippen LogP contribution in [-0.4, -0.2) is 34.0 Å². The van der Waals surface area contributed by atoms with Crippen LogP contribution in [0.3, 0.4) is 0 Å². The van der Waals surface area contributed by atoms with E-state index in [1.807, 2.05) is 19.1 Å². The lowest BCUT2D eigenvalue weighted by atomic mass is 10.1. The number of anilines is 1. The van der Waals surface area contributed by atoms with Crippen LogP contribution in [0.2, 0.25) is 0 Å². The minimum absolute atomic E-state index is 0.0437. The van der Waals surface area contributed by atoms with E-state index >= 15 is 0 Å². The molecule has 0 radical (unpaired) electrons. The van der Waals surface area contributed by atoms with Crippen molar-refractivity contribution in [3.05, 3.63) is 51.9 Å². The number of aromatic nitrogens is 2. The van der Waals surface area contributed by atoms with E-state index in [9.17, 15) is 14.4 Å². The highest BCUT2D eigenvalue weighted by Gasteiger charge is 2.21. The first-order valence-electron chi connectivity index (χ1n) is 8.73. The van der Waals surface area contributed by atoms with Crippen LogP contribution in [-0.2, 0) is 11.2 Å². The van der Waals surface area contributed by atoms with Gasteiger partial charge in [-0.1, -0.05) is 25.1 Å². The Bertz CT molecular complexity index is 861. The molecule has 7 heteroatoms. The lowest BCUT2D eigenvalue weighted by Gasteiger charge is -2.15. The molecule has 6 nitrogen and oxygen atoms in total. The number of ketones is 1. The number of H-pyrrole nitrogens is 1. The Labute approximate surface area is 156 Å². The number of Topliss-reactive ketones (excluding diaryl/α,β-unsaturated/α-hetero) is 1. The summed E-state index contributed by atoms with van der Waals surface area (Å²) in [7, 11) is 0. The molecule has 1 aromatic heterocycles. The van der Waals surface area contributed by atoms with Crippen LogP contribution in [0.1, 0.15) is 42.2 Å². The Morgan fingerprint density at radius 1 is 1.27 bits per heavy atom. The van der Waals surface area contributed by atoms with Crippen LogP contribution >= 0.6 is 11.8 Å². The Morgan fingerprint density at radius 3 is 2.69 bits per heavy atom. The zero-order valence-corrected chi connectivity index (χ0v) is 15.5. The van der Waals surface area contributed by atoms with Crippen molar-refractivity contribution in [1.29, 1.82) is 0 Å². The summed E-state index contributed by atoms with van der Waals surface area (Å²) in [4.78, 5) is 44.6. The van der Waals surface area contributed by atoms with E-state index < -0.39 is 0 Å². The number of thioether (sulfide) groups is 1. The summed E-state index contributed by atoms with van der Waals surface area (Å²) in [5, 5.41) is 0.466. The highest BCUT2D eigenvalue weighted by molar-refractivity contribution is 7.99. The molecule has 1 aliphatic rings. The van der Waals surface area contributed by atoms with Gasteiger partial charge in [-0.05, 0) is 37.1 Å². The van der Waals surface area contributed by atoms with Gasteiger partial charge in [-0.3, -0.25) is 14.4 Å². The van der Waals surface area contributed by atoms with E-state index in [-0.39, 0.29) is 23.0 Å². The number of amides is 1. The Hall–Kier alpha value is -2.41. The Balaban J connectivity index is 1.63. The quantitative estimate of drug-likeness (QED) is 0.460. The van der Waals surface area contributed by atoms with Crippen LogP contribution in [0.15, 0.2) is 40.3 Å². The number of aromatic amines is 1. The average Bonchev–Trinajstić information content (AvgIpc) is 3.06. The van der Waals surface area contributed by atoms with E-state index in [0.717, 1.165) is 37.2 Å². The van der Waals surface area contributed by atoms with E-state index in [2.05, 4.69) is 9.97 Å². The number of hydrogen-bond donors (Lipinski definition) is 1. The molecule has 2 heterocycles. The predicted molar refractivity (Wildman–Crippen MR) is 102 cm³/mol. The summed E-state index contributed by atoms with van der Waals surface area (Å²) in [5.41, 5.74) is 1.96. The van der Waals surface area contributed by atoms with E-state index in [1.54, 1.807) is 17.0 Å². The number of aryl methyl sites for hydroxylation is 1. The molecule has 26 heavy (non-hydrogen) atoms. The van der Waals surface area contributed by atoms with Crippen molar-refractivity contribution >= 4 is 29.1 Å². The van der Waals surface area contributed by atoms with Crippen LogP contribution < -0.4 is 10.5 Å². The van der Waals surface area contributed by atoms with Gasteiger partial charge in [-0.15, -0.1) is 0 Å². The summed E-state index contributed by atoms with van der Waals surface area (Å²) in [6.45, 7) is 2.76. The fourth-order valence-corrected chi connectivity index (χ4v) is 3.69. The lowest BCUT2D eigenvalue weighted by Crippen LogP contribution is -2.23. The monoisotopic (exact) mass is 371 g/mol. The van der Waals surface area contributed by atoms with Crippen molar-refractivity contribution in [3.63, 3.8) is 0 Å². The fraction of sp³-hybridized carbons (Fsp3) is 0.368. The number of carbonyl (C=O) groups is 2. The van der Waals surface area contributed by atoms with Gasteiger partial charge in [0.05, 0.1) is 5.75 Å². The summed E-state index contributed by atoms with van der Waals surface area (Å²) < 4.78 is 0. The molecule has 0 unspecified atom stereocenters. The first kappa shape index (κ1) is 18.4. The van der Waals surface area contributed by atoms with Crippen molar-refractivity contribution in [1.82, 2.24) is 9.97 Å². The standard InChI is InChI=1S/C19H21N3O3S/c1-2-4-14-11-17(24)21-19(20-14)26-12-16(23)13-6-8-15(9-7-13)22-10-3-5-18(22)25/h6-9,11H,2-5,10,12H2,1H3,(H,20,21,24). The second-order valence-electron chi connectivity index (χ2n) is 6.20. The van der Waals surface area contributed by atoms with Crippen molar-refractivity contribution < 1.29 is 9.59 Å². The van der Waals surface area contributed by atoms with Gasteiger partial charge in [0.15, 0.2) is 10.9 Å². The predicted octanol–water partition coefficient (Wildman–Crippen LogP) is 2.82. The Morgan fingerprint density at radius 2 is 2.04 bits per heavy atom. The maximum absolute atomic E-state index is 12.4. The molecule has 0 saturated carbocycles. The van der Waals surface area contributed by atoms with Crippen molar-refractivity contribution in [2.45, 2.75) is 37.8 Å². The zero-order chi connectivity index (χ0) is 18.5. The minimum Gasteiger partial charge on any atom is -0.312 e. The van der Waals surface area contributed by atoms with Gasteiger partial charge in [-0.25, -0.2) is 4.98 Å². The normalized spacial score (nSPS) is 14.0. The highest BCUT2D eigenvalue weighted by atomic mass is 32.2. The summed E-state index contributed by atoms with van der Waals surface area (Å²) in [6.07, 6.45) is 3.10. The Kier molecular flexibility index (Phi) is 5.88. The largest absolute Gasteiger partial charge is 0.312 e. The van der Waals surface area contributed by atoms with Gasteiger partial charge in [0.2, 0.25) is 5.91 Å². The molecular weight excluding hydrogens is 350 g/mol. The molecule has 0 atom stereocenters. The molecule has 2 aromatic rings. The number of rotatable bonds is 7. The van der Waals surface area contributed by atoms with E-state index in [0.29, 0.717) is 17.1 Å². The summed E-state index contributed by atoms with van der Waals surface area (Å²) in [6, 6.07) is 8.60. The highest BCUT2D eigenvalue weighted by Crippen LogP contribution is 2.22. The second kappa shape index (κ2) is 8.31. The number of nitrogens with zero attached hydrogens (tertiary/aromatic N) is 2. The van der Waals surface area contributed by atoms with Gasteiger partial charge in [0, 0.05) is 36.0 Å². The van der Waals surface area contributed by atoms with Gasteiger partial charge in [0.1, 0.15) is 0 Å². The third-order valence-corrected chi connectivity index (χ3v) is 5.07. The number of nitrogens with one attached hydrogen (secondary N) is 1. The molecule has 0 aliphatic carbocycles. The molecular formula is C19H21N3O3S. The topological polar surface area (TPSA) is 83.1 Å². The molecule has 1 aliphatic heterocycles. The molecule has 0 spiro atoms. The zero-order valence-electron chi connectivity index (χ0n) is 14.7. The third kappa shape index (κ3) is 4.40.